The maximum Gasteiger partial charge on any atom is 0.332 e. The third kappa shape index (κ3) is 4.47. The van der Waals surface area contributed by atoms with Crippen LogP contribution in [0.3, 0.4) is 0 Å². The number of hydrogen-bond acceptors (Lipinski definition) is 8. The fraction of sp³-hybridized carbons (Fsp3) is 0.200. The van der Waals surface area contributed by atoms with Crippen molar-refractivity contribution in [2.75, 3.05) is 13.7 Å². The van der Waals surface area contributed by atoms with E-state index in [1.807, 2.05) is 43.3 Å². The van der Waals surface area contributed by atoms with Crippen LogP contribution in [0, 0.1) is 0 Å². The van der Waals surface area contributed by atoms with Crippen molar-refractivity contribution in [1.29, 1.82) is 0 Å². The molecule has 0 aliphatic carbocycles. The molecule has 9 nitrogen and oxygen atoms in total. The molecule has 35 heavy (non-hydrogen) atoms. The van der Waals surface area contributed by atoms with Crippen LogP contribution < -0.4 is 20.7 Å². The van der Waals surface area contributed by atoms with E-state index < -0.39 is 5.69 Å². The molecule has 0 amide bonds. The minimum Gasteiger partial charge on any atom is -0.497 e. The summed E-state index contributed by atoms with van der Waals surface area (Å²) < 4.78 is 19.4. The first kappa shape index (κ1) is 22.6. The summed E-state index contributed by atoms with van der Waals surface area (Å²) in [6, 6.07) is 16.4. The van der Waals surface area contributed by atoms with Crippen LogP contribution in [0.1, 0.15) is 18.4 Å². The highest BCUT2D eigenvalue weighted by Crippen LogP contribution is 2.22. The summed E-state index contributed by atoms with van der Waals surface area (Å²) in [4.78, 5) is 31.0. The van der Waals surface area contributed by atoms with E-state index in [2.05, 4.69) is 10.1 Å². The minimum absolute atomic E-state index is 0.0348. The normalized spacial score (nSPS) is 11.1. The molecule has 3 aromatic heterocycles. The van der Waals surface area contributed by atoms with E-state index in [9.17, 15) is 9.59 Å². The number of thiophene rings is 1. The number of benzene rings is 2. The summed E-state index contributed by atoms with van der Waals surface area (Å²) in [6.07, 6.45) is 0. The molecular formula is C25H22N4O5S. The molecule has 0 atom stereocenters. The number of fused-ring (bicyclic) bond motifs is 1. The van der Waals surface area contributed by atoms with E-state index in [0.29, 0.717) is 34.1 Å². The molecule has 178 valence electrons. The number of ether oxygens (including phenoxy) is 2. The van der Waals surface area contributed by atoms with Crippen LogP contribution >= 0.6 is 11.3 Å². The van der Waals surface area contributed by atoms with E-state index in [1.165, 1.54) is 20.5 Å². The zero-order valence-electron chi connectivity index (χ0n) is 19.1. The zero-order chi connectivity index (χ0) is 24.4. The fourth-order valence-electron chi connectivity index (χ4n) is 3.80. The van der Waals surface area contributed by atoms with Gasteiger partial charge in [0, 0.05) is 5.56 Å². The highest BCUT2D eigenvalue weighted by Gasteiger charge is 2.18. The highest BCUT2D eigenvalue weighted by atomic mass is 32.1. The molecule has 0 fully saturated rings. The van der Waals surface area contributed by atoms with E-state index >= 15 is 0 Å². The van der Waals surface area contributed by atoms with Crippen molar-refractivity contribution in [2.24, 2.45) is 0 Å². The van der Waals surface area contributed by atoms with E-state index in [-0.39, 0.29) is 24.5 Å². The number of rotatable bonds is 8. The van der Waals surface area contributed by atoms with Gasteiger partial charge in [-0.15, -0.1) is 11.3 Å². The molecule has 0 aliphatic rings. The van der Waals surface area contributed by atoms with Crippen LogP contribution in [0.4, 0.5) is 0 Å². The van der Waals surface area contributed by atoms with Gasteiger partial charge in [0.15, 0.2) is 0 Å². The van der Waals surface area contributed by atoms with Crippen LogP contribution in [0.25, 0.3) is 21.6 Å². The summed E-state index contributed by atoms with van der Waals surface area (Å²) in [5, 5.41) is 5.86. The molecule has 0 unspecified atom stereocenters. The maximum atomic E-state index is 13.4. The van der Waals surface area contributed by atoms with Crippen LogP contribution in [-0.4, -0.2) is 33.0 Å². The first-order valence-electron chi connectivity index (χ1n) is 11.0. The lowest BCUT2D eigenvalue weighted by Gasteiger charge is -2.11. The van der Waals surface area contributed by atoms with Gasteiger partial charge in [0.1, 0.15) is 22.7 Å². The van der Waals surface area contributed by atoms with Gasteiger partial charge in [0.05, 0.1) is 25.8 Å². The third-order valence-corrected chi connectivity index (χ3v) is 6.39. The Balaban J connectivity index is 1.50. The van der Waals surface area contributed by atoms with Gasteiger partial charge in [-0.05, 0) is 48.2 Å². The van der Waals surface area contributed by atoms with Crippen molar-refractivity contribution in [3.63, 3.8) is 0 Å². The Morgan fingerprint density at radius 3 is 2.60 bits per heavy atom. The van der Waals surface area contributed by atoms with Crippen molar-refractivity contribution in [3.8, 4) is 22.9 Å². The van der Waals surface area contributed by atoms with Crippen LogP contribution in [0.5, 0.6) is 11.5 Å². The molecule has 0 radical (unpaired) electrons. The quantitative estimate of drug-likeness (QED) is 0.326. The summed E-state index contributed by atoms with van der Waals surface area (Å²) in [7, 11) is 1.58. The van der Waals surface area contributed by atoms with Crippen LogP contribution in [0.2, 0.25) is 0 Å². The molecule has 3 heterocycles. The van der Waals surface area contributed by atoms with E-state index in [4.69, 9.17) is 14.0 Å². The fourth-order valence-corrected chi connectivity index (χ4v) is 4.65. The predicted molar refractivity (Wildman–Crippen MR) is 132 cm³/mol. The standard InChI is InChI=1S/C25H22N4O5S/c1-3-33-19-6-4-5-17(13-19)23-26-21(34-27-23)15-28-20-11-12-35-22(20)24(30)29(25(28)31)14-16-7-9-18(32-2)10-8-16/h4-13H,3,14-15H2,1-2H3. The van der Waals surface area contributed by atoms with Gasteiger partial charge in [-0.25, -0.2) is 4.79 Å². The summed E-state index contributed by atoms with van der Waals surface area (Å²) in [5.41, 5.74) is 1.31. The SMILES string of the molecule is CCOc1cccc(-c2noc(Cn3c(=O)n(Cc4ccc(OC)cc4)c(=O)c4sccc43)n2)c1. The lowest BCUT2D eigenvalue weighted by atomic mass is 10.2. The Hall–Kier alpha value is -4.18. The van der Waals surface area contributed by atoms with Gasteiger partial charge in [-0.3, -0.25) is 13.9 Å². The lowest BCUT2D eigenvalue weighted by Crippen LogP contribution is -2.40. The molecule has 0 bridgehead atoms. The first-order chi connectivity index (χ1) is 17.1. The average molecular weight is 491 g/mol. The molecule has 0 N–H and O–H groups in total. The van der Waals surface area contributed by atoms with Gasteiger partial charge in [0.25, 0.3) is 5.56 Å². The number of hydrogen-bond donors (Lipinski definition) is 0. The molecule has 0 aliphatic heterocycles. The molecule has 10 heteroatoms. The van der Waals surface area contributed by atoms with Crippen molar-refractivity contribution >= 4 is 21.6 Å². The Labute approximate surface area is 203 Å². The Morgan fingerprint density at radius 1 is 1.00 bits per heavy atom. The Kier molecular flexibility index (Phi) is 6.19. The number of methoxy groups -OCH3 is 1. The zero-order valence-corrected chi connectivity index (χ0v) is 19.9. The smallest absolute Gasteiger partial charge is 0.332 e. The first-order valence-corrected chi connectivity index (χ1v) is 11.8. The second kappa shape index (κ2) is 9.59. The Bertz CT molecular complexity index is 1600. The molecule has 5 rings (SSSR count). The van der Waals surface area contributed by atoms with Crippen molar-refractivity contribution < 1.29 is 14.0 Å². The largest absolute Gasteiger partial charge is 0.497 e. The number of nitrogens with zero attached hydrogens (tertiary/aromatic N) is 4. The molecule has 0 saturated carbocycles. The molecule has 0 spiro atoms. The molecule has 5 aromatic rings. The van der Waals surface area contributed by atoms with Crippen LogP contribution in [0.15, 0.2) is 74.1 Å². The molecular weight excluding hydrogens is 468 g/mol. The van der Waals surface area contributed by atoms with E-state index in [0.717, 1.165) is 11.1 Å². The van der Waals surface area contributed by atoms with Gasteiger partial charge in [0.2, 0.25) is 11.7 Å². The predicted octanol–water partition coefficient (Wildman–Crippen LogP) is 3.78. The summed E-state index contributed by atoms with van der Waals surface area (Å²) in [5.74, 6) is 2.05. The second-order valence-corrected chi connectivity index (χ2v) is 8.63. The molecule has 0 saturated heterocycles. The van der Waals surface area contributed by atoms with Crippen molar-refractivity contribution in [3.05, 3.63) is 92.3 Å². The topological polar surface area (TPSA) is 101 Å². The summed E-state index contributed by atoms with van der Waals surface area (Å²) in [6.45, 7) is 2.63. The van der Waals surface area contributed by atoms with Gasteiger partial charge < -0.3 is 14.0 Å². The summed E-state index contributed by atoms with van der Waals surface area (Å²) >= 11 is 1.29. The van der Waals surface area contributed by atoms with Crippen molar-refractivity contribution in [1.82, 2.24) is 19.3 Å². The molecule has 2 aromatic carbocycles. The van der Waals surface area contributed by atoms with Gasteiger partial charge in [-0.1, -0.05) is 29.4 Å². The van der Waals surface area contributed by atoms with E-state index in [1.54, 1.807) is 30.7 Å². The maximum absolute atomic E-state index is 13.4. The van der Waals surface area contributed by atoms with Crippen molar-refractivity contribution in [2.45, 2.75) is 20.0 Å². The number of aromatic nitrogens is 4. The van der Waals surface area contributed by atoms with Crippen LogP contribution in [-0.2, 0) is 13.1 Å². The minimum atomic E-state index is -0.449. The third-order valence-electron chi connectivity index (χ3n) is 5.50. The Morgan fingerprint density at radius 2 is 1.83 bits per heavy atom. The van der Waals surface area contributed by atoms with Gasteiger partial charge >= 0.3 is 5.69 Å². The second-order valence-electron chi connectivity index (χ2n) is 7.72. The lowest BCUT2D eigenvalue weighted by molar-refractivity contribution is 0.340. The average Bonchev–Trinajstić information content (AvgIpc) is 3.55. The van der Waals surface area contributed by atoms with Gasteiger partial charge in [-0.2, -0.15) is 4.98 Å². The monoisotopic (exact) mass is 490 g/mol. The highest BCUT2D eigenvalue weighted by molar-refractivity contribution is 7.17.